The van der Waals surface area contributed by atoms with Gasteiger partial charge in [0.25, 0.3) is 0 Å². The van der Waals surface area contributed by atoms with Crippen LogP contribution >= 0.6 is 0 Å². The second-order valence-electron chi connectivity index (χ2n) is 4.51. The van der Waals surface area contributed by atoms with Crippen LogP contribution in [0.4, 0.5) is 5.69 Å². The fourth-order valence-electron chi connectivity index (χ4n) is 1.81. The number of hydrogen-bond acceptors (Lipinski definition) is 7. The molecule has 0 atom stereocenters. The highest BCUT2D eigenvalue weighted by Crippen LogP contribution is 2.31. The number of nitro benzene ring substituents is 1. The second-order valence-corrected chi connectivity index (χ2v) is 4.51. The number of carbonyl (C=O) groups is 1. The number of Topliss-reactive ketones (excluding diaryl/α,β-unsaturated/α-hetero) is 1. The molecule has 0 aliphatic carbocycles. The predicted molar refractivity (Wildman–Crippen MR) is 79.2 cm³/mol. The van der Waals surface area contributed by atoms with Crippen molar-refractivity contribution in [1.82, 2.24) is 0 Å². The van der Waals surface area contributed by atoms with Crippen LogP contribution in [0.2, 0.25) is 0 Å². The molecule has 8 nitrogen and oxygen atoms in total. The third-order valence-electron chi connectivity index (χ3n) is 3.02. The molecule has 0 aromatic heterocycles. The number of hydrogen-bond donors (Lipinski definition) is 2. The number of phenolic OH excluding ortho intramolecular Hbond substituents is 2. The molecule has 8 heteroatoms. The quantitative estimate of drug-likeness (QED) is 0.363. The number of aromatic hydroxyl groups is 2. The lowest BCUT2D eigenvalue weighted by molar-refractivity contribution is -0.385. The van der Waals surface area contributed by atoms with E-state index in [1.165, 1.54) is 37.4 Å². The highest BCUT2D eigenvalue weighted by atomic mass is 16.6. The first kappa shape index (κ1) is 16.1. The Hall–Kier alpha value is -3.29. The van der Waals surface area contributed by atoms with Gasteiger partial charge >= 0.3 is 5.69 Å². The third kappa shape index (κ3) is 3.67. The summed E-state index contributed by atoms with van der Waals surface area (Å²) in [7, 11) is 1.38. The van der Waals surface area contributed by atoms with Crippen LogP contribution in [-0.2, 0) is 0 Å². The first-order chi connectivity index (χ1) is 10.9. The van der Waals surface area contributed by atoms with Crippen molar-refractivity contribution in [3.63, 3.8) is 0 Å². The summed E-state index contributed by atoms with van der Waals surface area (Å²) in [5.41, 5.74) is -0.220. The first-order valence-electron chi connectivity index (χ1n) is 6.42. The van der Waals surface area contributed by atoms with Crippen molar-refractivity contribution in [2.45, 2.75) is 0 Å². The van der Waals surface area contributed by atoms with Gasteiger partial charge in [-0.2, -0.15) is 0 Å². The minimum absolute atomic E-state index is 0.0767. The van der Waals surface area contributed by atoms with Crippen molar-refractivity contribution < 1.29 is 29.4 Å². The lowest BCUT2D eigenvalue weighted by atomic mass is 10.1. The van der Waals surface area contributed by atoms with Crippen LogP contribution in [0.5, 0.6) is 23.0 Å². The molecule has 0 saturated carbocycles. The summed E-state index contributed by atoms with van der Waals surface area (Å²) < 4.78 is 10.1. The van der Waals surface area contributed by atoms with Crippen LogP contribution in [0.3, 0.4) is 0 Å². The van der Waals surface area contributed by atoms with Gasteiger partial charge in [0.05, 0.1) is 18.1 Å². The van der Waals surface area contributed by atoms with E-state index in [1.54, 1.807) is 0 Å². The van der Waals surface area contributed by atoms with Gasteiger partial charge in [-0.05, 0) is 30.3 Å². The highest BCUT2D eigenvalue weighted by molar-refractivity contribution is 5.97. The fourth-order valence-corrected chi connectivity index (χ4v) is 1.81. The molecule has 2 aromatic carbocycles. The zero-order chi connectivity index (χ0) is 17.0. The van der Waals surface area contributed by atoms with Gasteiger partial charge in [-0.1, -0.05) is 0 Å². The molecule has 0 radical (unpaired) electrons. The molecule has 2 rings (SSSR count). The molecule has 0 spiro atoms. The number of ether oxygens (including phenoxy) is 2. The van der Waals surface area contributed by atoms with Crippen LogP contribution < -0.4 is 9.47 Å². The molecule has 120 valence electrons. The molecule has 2 N–H and O–H groups in total. The van der Waals surface area contributed by atoms with E-state index in [9.17, 15) is 25.1 Å². The first-order valence-corrected chi connectivity index (χ1v) is 6.42. The summed E-state index contributed by atoms with van der Waals surface area (Å²) in [4.78, 5) is 22.3. The number of methoxy groups -OCH3 is 1. The summed E-state index contributed by atoms with van der Waals surface area (Å²) >= 11 is 0. The van der Waals surface area contributed by atoms with Crippen molar-refractivity contribution >= 4 is 11.5 Å². The number of ketones is 1. The molecular formula is C15H13NO7. The van der Waals surface area contributed by atoms with E-state index in [4.69, 9.17) is 9.47 Å². The van der Waals surface area contributed by atoms with Crippen LogP contribution in [-0.4, -0.2) is 34.6 Å². The SMILES string of the molecule is COc1ccc(OCC(=O)c2ccc(O)c(O)c2)c([N+](=O)[O-])c1. The molecule has 0 aliphatic heterocycles. The van der Waals surface area contributed by atoms with Crippen LogP contribution in [0.25, 0.3) is 0 Å². The summed E-state index contributed by atoms with van der Waals surface area (Å²) in [6, 6.07) is 7.55. The Morgan fingerprint density at radius 2 is 1.91 bits per heavy atom. The number of benzene rings is 2. The van der Waals surface area contributed by atoms with Crippen LogP contribution in [0.1, 0.15) is 10.4 Å². The molecule has 0 bridgehead atoms. The van der Waals surface area contributed by atoms with E-state index in [1.807, 2.05) is 0 Å². The van der Waals surface area contributed by atoms with E-state index < -0.39 is 23.1 Å². The summed E-state index contributed by atoms with van der Waals surface area (Å²) in [5.74, 6) is -1.09. The zero-order valence-electron chi connectivity index (χ0n) is 12.1. The van der Waals surface area contributed by atoms with E-state index >= 15 is 0 Å². The normalized spacial score (nSPS) is 10.1. The molecular weight excluding hydrogens is 306 g/mol. The van der Waals surface area contributed by atoms with Gasteiger partial charge in [0.15, 0.2) is 29.6 Å². The number of carbonyl (C=O) groups excluding carboxylic acids is 1. The molecule has 2 aromatic rings. The minimum atomic E-state index is -0.644. The van der Waals surface area contributed by atoms with Gasteiger partial charge in [-0.15, -0.1) is 0 Å². The maximum absolute atomic E-state index is 12.0. The smallest absolute Gasteiger partial charge is 0.314 e. The fraction of sp³-hybridized carbons (Fsp3) is 0.133. The Labute approximate surface area is 130 Å². The Bertz CT molecular complexity index is 757. The van der Waals surface area contributed by atoms with E-state index in [-0.39, 0.29) is 22.7 Å². The Balaban J connectivity index is 2.15. The zero-order valence-corrected chi connectivity index (χ0v) is 12.1. The van der Waals surface area contributed by atoms with Gasteiger partial charge in [0.1, 0.15) is 5.75 Å². The van der Waals surface area contributed by atoms with E-state index in [2.05, 4.69) is 0 Å². The van der Waals surface area contributed by atoms with Crippen molar-refractivity contribution in [2.75, 3.05) is 13.7 Å². The van der Waals surface area contributed by atoms with Crippen molar-refractivity contribution in [1.29, 1.82) is 0 Å². The van der Waals surface area contributed by atoms with Gasteiger partial charge in [0.2, 0.25) is 0 Å². The number of nitrogens with zero attached hydrogens (tertiary/aromatic N) is 1. The maximum atomic E-state index is 12.0. The van der Waals surface area contributed by atoms with Crippen LogP contribution in [0.15, 0.2) is 36.4 Å². The molecule has 23 heavy (non-hydrogen) atoms. The lowest BCUT2D eigenvalue weighted by Crippen LogP contribution is -2.12. The molecule has 0 fully saturated rings. The van der Waals surface area contributed by atoms with Gasteiger partial charge in [0, 0.05) is 5.56 Å². The van der Waals surface area contributed by atoms with Gasteiger partial charge in [-0.25, -0.2) is 0 Å². The van der Waals surface area contributed by atoms with Crippen molar-refractivity contribution in [3.8, 4) is 23.0 Å². The molecule has 0 saturated heterocycles. The standard InChI is InChI=1S/C15H13NO7/c1-22-10-3-5-15(11(7-10)16(20)21)23-8-14(19)9-2-4-12(17)13(18)6-9/h2-7,17-18H,8H2,1H3. The molecule has 0 aliphatic rings. The van der Waals surface area contributed by atoms with Gasteiger partial charge < -0.3 is 19.7 Å². The monoisotopic (exact) mass is 319 g/mol. The van der Waals surface area contributed by atoms with E-state index in [0.717, 1.165) is 6.07 Å². The second kappa shape index (κ2) is 6.65. The molecule has 0 amide bonds. The van der Waals surface area contributed by atoms with Gasteiger partial charge in [-0.3, -0.25) is 14.9 Å². The topological polar surface area (TPSA) is 119 Å². The molecule has 0 unspecified atom stereocenters. The predicted octanol–water partition coefficient (Wildman–Crippen LogP) is 2.28. The largest absolute Gasteiger partial charge is 0.504 e. The number of nitro groups is 1. The Morgan fingerprint density at radius 1 is 1.17 bits per heavy atom. The minimum Gasteiger partial charge on any atom is -0.504 e. The average Bonchev–Trinajstić information content (AvgIpc) is 2.54. The Morgan fingerprint density at radius 3 is 2.52 bits per heavy atom. The number of phenols is 2. The lowest BCUT2D eigenvalue weighted by Gasteiger charge is -2.08. The van der Waals surface area contributed by atoms with E-state index in [0.29, 0.717) is 5.75 Å². The summed E-state index contributed by atoms with van der Waals surface area (Å²) in [5, 5.41) is 29.6. The van der Waals surface area contributed by atoms with Crippen molar-refractivity contribution in [2.24, 2.45) is 0 Å². The maximum Gasteiger partial charge on any atom is 0.314 e. The average molecular weight is 319 g/mol. The summed E-state index contributed by atoms with van der Waals surface area (Å²) in [6.45, 7) is -0.461. The Kier molecular flexibility index (Phi) is 4.65. The third-order valence-corrected chi connectivity index (χ3v) is 3.02. The van der Waals surface area contributed by atoms with Crippen LogP contribution in [0, 0.1) is 10.1 Å². The number of rotatable bonds is 6. The molecule has 0 heterocycles. The highest BCUT2D eigenvalue weighted by Gasteiger charge is 2.18. The van der Waals surface area contributed by atoms with Crippen molar-refractivity contribution in [3.05, 3.63) is 52.1 Å². The summed E-state index contributed by atoms with van der Waals surface area (Å²) in [6.07, 6.45) is 0.